The van der Waals surface area contributed by atoms with Crippen molar-refractivity contribution in [3.8, 4) is 11.5 Å². The second-order valence-electron chi connectivity index (χ2n) is 5.21. The summed E-state index contributed by atoms with van der Waals surface area (Å²) in [5.41, 5.74) is 4.80. The molecule has 0 bridgehead atoms. The Labute approximate surface area is 126 Å². The molecule has 2 aromatic carbocycles. The summed E-state index contributed by atoms with van der Waals surface area (Å²) >= 11 is 0. The van der Waals surface area contributed by atoms with Gasteiger partial charge >= 0.3 is 0 Å². The van der Waals surface area contributed by atoms with E-state index in [1.54, 1.807) is 14.2 Å². The van der Waals surface area contributed by atoms with Gasteiger partial charge in [0.2, 0.25) is 0 Å². The van der Waals surface area contributed by atoms with Crippen LogP contribution in [0.5, 0.6) is 11.5 Å². The van der Waals surface area contributed by atoms with Crippen molar-refractivity contribution in [1.82, 2.24) is 5.32 Å². The lowest BCUT2D eigenvalue weighted by atomic mass is 10.1. The van der Waals surface area contributed by atoms with Crippen LogP contribution in [0.1, 0.15) is 22.3 Å². The topological polar surface area (TPSA) is 30.5 Å². The Kier molecular flexibility index (Phi) is 5.23. The molecule has 0 amide bonds. The van der Waals surface area contributed by atoms with Crippen LogP contribution in [0.25, 0.3) is 0 Å². The lowest BCUT2D eigenvalue weighted by molar-refractivity contribution is 0.410. The first-order chi connectivity index (χ1) is 10.1. The summed E-state index contributed by atoms with van der Waals surface area (Å²) in [5.74, 6) is 1.87. The van der Waals surface area contributed by atoms with E-state index in [0.717, 1.165) is 35.7 Å². The number of hydrogen-bond acceptors (Lipinski definition) is 3. The molecule has 0 saturated carbocycles. The average molecular weight is 285 g/mol. The summed E-state index contributed by atoms with van der Waals surface area (Å²) in [6, 6.07) is 12.6. The average Bonchev–Trinajstić information content (AvgIpc) is 2.49. The van der Waals surface area contributed by atoms with Crippen LogP contribution in [0.4, 0.5) is 0 Å². The van der Waals surface area contributed by atoms with Gasteiger partial charge in [-0.05, 0) is 48.2 Å². The van der Waals surface area contributed by atoms with Crippen LogP contribution in [0, 0.1) is 13.8 Å². The van der Waals surface area contributed by atoms with Crippen molar-refractivity contribution in [1.29, 1.82) is 0 Å². The second-order valence-corrected chi connectivity index (χ2v) is 5.21. The molecule has 0 fully saturated rings. The Morgan fingerprint density at radius 1 is 0.762 bits per heavy atom. The molecule has 0 radical (unpaired) electrons. The first kappa shape index (κ1) is 15.4. The molecule has 0 unspecified atom stereocenters. The molecular formula is C18H23NO2. The monoisotopic (exact) mass is 285 g/mol. The molecule has 0 heterocycles. The first-order valence-electron chi connectivity index (χ1n) is 7.12. The predicted octanol–water partition coefficient (Wildman–Crippen LogP) is 3.61. The zero-order chi connectivity index (χ0) is 15.2. The second kappa shape index (κ2) is 7.14. The van der Waals surface area contributed by atoms with Gasteiger partial charge in [0.1, 0.15) is 11.5 Å². The van der Waals surface area contributed by atoms with Gasteiger partial charge < -0.3 is 14.8 Å². The molecule has 0 aliphatic heterocycles. The maximum Gasteiger partial charge on any atom is 0.122 e. The molecular weight excluding hydrogens is 262 g/mol. The fourth-order valence-electron chi connectivity index (χ4n) is 2.38. The van der Waals surface area contributed by atoms with E-state index in [2.05, 4.69) is 49.5 Å². The van der Waals surface area contributed by atoms with E-state index in [0.29, 0.717) is 0 Å². The third-order valence-corrected chi connectivity index (χ3v) is 3.59. The van der Waals surface area contributed by atoms with E-state index in [9.17, 15) is 0 Å². The van der Waals surface area contributed by atoms with E-state index in [-0.39, 0.29) is 0 Å². The van der Waals surface area contributed by atoms with Gasteiger partial charge in [-0.3, -0.25) is 0 Å². The van der Waals surface area contributed by atoms with Crippen molar-refractivity contribution in [2.24, 2.45) is 0 Å². The third kappa shape index (κ3) is 3.99. The van der Waals surface area contributed by atoms with Crippen molar-refractivity contribution < 1.29 is 9.47 Å². The molecule has 1 N–H and O–H groups in total. The number of methoxy groups -OCH3 is 2. The van der Waals surface area contributed by atoms with Gasteiger partial charge in [-0.15, -0.1) is 0 Å². The van der Waals surface area contributed by atoms with Gasteiger partial charge in [0.05, 0.1) is 14.2 Å². The van der Waals surface area contributed by atoms with Gasteiger partial charge in [0.15, 0.2) is 0 Å². The zero-order valence-electron chi connectivity index (χ0n) is 13.2. The van der Waals surface area contributed by atoms with Crippen LogP contribution < -0.4 is 14.8 Å². The van der Waals surface area contributed by atoms with Crippen LogP contribution >= 0.6 is 0 Å². The Hall–Kier alpha value is -2.00. The molecule has 112 valence electrons. The van der Waals surface area contributed by atoms with Gasteiger partial charge in [-0.2, -0.15) is 0 Å². The van der Waals surface area contributed by atoms with E-state index < -0.39 is 0 Å². The zero-order valence-corrected chi connectivity index (χ0v) is 13.2. The van der Waals surface area contributed by atoms with E-state index >= 15 is 0 Å². The molecule has 2 rings (SSSR count). The van der Waals surface area contributed by atoms with E-state index in [1.807, 2.05) is 6.07 Å². The molecule has 3 heteroatoms. The highest BCUT2D eigenvalue weighted by Crippen LogP contribution is 2.20. The number of rotatable bonds is 6. The van der Waals surface area contributed by atoms with Gasteiger partial charge in [0, 0.05) is 13.1 Å². The summed E-state index contributed by atoms with van der Waals surface area (Å²) in [6.45, 7) is 5.77. The molecule has 0 atom stereocenters. The SMILES string of the molecule is COc1ccc(CNCc2ccc(C)c(OC)c2)cc1C. The fourth-order valence-corrected chi connectivity index (χ4v) is 2.38. The maximum atomic E-state index is 5.35. The first-order valence-corrected chi connectivity index (χ1v) is 7.12. The number of benzene rings is 2. The Balaban J connectivity index is 1.93. The van der Waals surface area contributed by atoms with Crippen LogP contribution in [-0.4, -0.2) is 14.2 Å². The van der Waals surface area contributed by atoms with Crippen molar-refractivity contribution in [2.45, 2.75) is 26.9 Å². The summed E-state index contributed by atoms with van der Waals surface area (Å²) < 4.78 is 10.6. The number of nitrogens with one attached hydrogen (secondary N) is 1. The minimum absolute atomic E-state index is 0.821. The molecule has 0 saturated heterocycles. The van der Waals surface area contributed by atoms with Crippen molar-refractivity contribution in [3.63, 3.8) is 0 Å². The molecule has 0 aromatic heterocycles. The Morgan fingerprint density at radius 3 is 2.00 bits per heavy atom. The molecule has 0 aliphatic carbocycles. The highest BCUT2D eigenvalue weighted by atomic mass is 16.5. The summed E-state index contributed by atoms with van der Waals surface area (Å²) in [6.07, 6.45) is 0. The minimum atomic E-state index is 0.821. The highest BCUT2D eigenvalue weighted by molar-refractivity contribution is 5.37. The van der Waals surface area contributed by atoms with Gasteiger partial charge in [-0.1, -0.05) is 24.3 Å². The Bertz CT molecular complexity index is 608. The smallest absolute Gasteiger partial charge is 0.122 e. The van der Waals surface area contributed by atoms with E-state index in [4.69, 9.17) is 9.47 Å². The molecule has 21 heavy (non-hydrogen) atoms. The number of aryl methyl sites for hydroxylation is 2. The van der Waals surface area contributed by atoms with Crippen molar-refractivity contribution in [2.75, 3.05) is 14.2 Å². The van der Waals surface area contributed by atoms with Crippen molar-refractivity contribution >= 4 is 0 Å². The van der Waals surface area contributed by atoms with E-state index in [1.165, 1.54) is 11.1 Å². The van der Waals surface area contributed by atoms with Gasteiger partial charge in [-0.25, -0.2) is 0 Å². The lowest BCUT2D eigenvalue weighted by Crippen LogP contribution is -2.13. The van der Waals surface area contributed by atoms with Gasteiger partial charge in [0.25, 0.3) is 0 Å². The summed E-state index contributed by atoms with van der Waals surface area (Å²) in [7, 11) is 3.41. The van der Waals surface area contributed by atoms with Crippen LogP contribution in [-0.2, 0) is 13.1 Å². The summed E-state index contributed by atoms with van der Waals surface area (Å²) in [5, 5.41) is 3.46. The standard InChI is InChI=1S/C18H23NO2/c1-13-5-6-16(10-18(13)21-4)12-19-11-15-7-8-17(20-3)14(2)9-15/h5-10,19H,11-12H2,1-4H3. The highest BCUT2D eigenvalue weighted by Gasteiger charge is 2.02. The molecule has 0 aliphatic rings. The van der Waals surface area contributed by atoms with Crippen LogP contribution in [0.2, 0.25) is 0 Å². The van der Waals surface area contributed by atoms with Crippen LogP contribution in [0.3, 0.4) is 0 Å². The number of ether oxygens (including phenoxy) is 2. The maximum absolute atomic E-state index is 5.35. The third-order valence-electron chi connectivity index (χ3n) is 3.59. The Morgan fingerprint density at radius 2 is 1.38 bits per heavy atom. The minimum Gasteiger partial charge on any atom is -0.496 e. The quantitative estimate of drug-likeness (QED) is 0.879. The number of hydrogen-bond donors (Lipinski definition) is 1. The summed E-state index contributed by atoms with van der Waals surface area (Å²) in [4.78, 5) is 0. The molecule has 3 nitrogen and oxygen atoms in total. The lowest BCUT2D eigenvalue weighted by Gasteiger charge is -2.10. The molecule has 2 aromatic rings. The molecule has 0 spiro atoms. The predicted molar refractivity (Wildman–Crippen MR) is 86.0 cm³/mol. The normalized spacial score (nSPS) is 10.5. The largest absolute Gasteiger partial charge is 0.496 e. The van der Waals surface area contributed by atoms with Crippen molar-refractivity contribution in [3.05, 3.63) is 58.7 Å². The van der Waals surface area contributed by atoms with Crippen LogP contribution in [0.15, 0.2) is 36.4 Å². The fraction of sp³-hybridized carbons (Fsp3) is 0.333.